The molecule has 1 aliphatic heterocycles. The zero-order valence-corrected chi connectivity index (χ0v) is 14.5. The Hall–Kier alpha value is -1.22. The minimum atomic E-state index is -3.55. The Bertz CT molecular complexity index is 757. The Morgan fingerprint density at radius 2 is 2.05 bits per heavy atom. The third-order valence-corrected chi connectivity index (χ3v) is 6.22. The normalized spacial score (nSPS) is 20.2. The van der Waals surface area contributed by atoms with Crippen LogP contribution >= 0.6 is 15.9 Å². The fraction of sp³-hybridized carbons (Fsp3) is 0.357. The van der Waals surface area contributed by atoms with Crippen molar-refractivity contribution < 1.29 is 8.42 Å². The largest absolute Gasteiger partial charge is 0.337 e. The van der Waals surface area contributed by atoms with E-state index in [1.54, 1.807) is 30.5 Å². The van der Waals surface area contributed by atoms with Crippen LogP contribution in [0.25, 0.3) is 0 Å². The van der Waals surface area contributed by atoms with Crippen molar-refractivity contribution in [3.05, 3.63) is 47.0 Å². The summed E-state index contributed by atoms with van der Waals surface area (Å²) < 4.78 is 30.2. The van der Waals surface area contributed by atoms with Gasteiger partial charge < -0.3 is 9.88 Å². The summed E-state index contributed by atoms with van der Waals surface area (Å²) in [5.41, 5.74) is 0. The molecule has 0 amide bonds. The fourth-order valence-electron chi connectivity index (χ4n) is 2.63. The summed E-state index contributed by atoms with van der Waals surface area (Å²) in [7, 11) is -1.68. The molecule has 1 unspecified atom stereocenters. The van der Waals surface area contributed by atoms with Gasteiger partial charge in [0.2, 0.25) is 10.0 Å². The van der Waals surface area contributed by atoms with E-state index in [-0.39, 0.29) is 6.04 Å². The van der Waals surface area contributed by atoms with E-state index in [0.717, 1.165) is 10.3 Å². The number of rotatable bonds is 3. The topological polar surface area (TPSA) is 67.2 Å². The molecular weight excluding hydrogens is 368 g/mol. The summed E-state index contributed by atoms with van der Waals surface area (Å²) >= 11 is 3.33. The van der Waals surface area contributed by atoms with E-state index in [0.29, 0.717) is 24.5 Å². The summed E-state index contributed by atoms with van der Waals surface area (Å²) in [6.07, 6.45) is 3.52. The standard InChI is InChI=1S/C14H17BrN4O2S/c1-18-8-7-17-14(18)13-10-16-6-9-19(13)22(20,21)12-4-2-11(15)3-5-12/h2-5,7-8,13,16H,6,9-10H2,1H3. The highest BCUT2D eigenvalue weighted by Crippen LogP contribution is 2.28. The van der Waals surface area contributed by atoms with Crippen LogP contribution in [0.1, 0.15) is 11.9 Å². The minimum absolute atomic E-state index is 0.303. The maximum absolute atomic E-state index is 13.0. The third kappa shape index (κ3) is 2.83. The number of nitrogens with zero attached hydrogens (tertiary/aromatic N) is 3. The molecule has 1 N–H and O–H groups in total. The number of aromatic nitrogens is 2. The highest BCUT2D eigenvalue weighted by atomic mass is 79.9. The Balaban J connectivity index is 2.00. The first kappa shape index (κ1) is 15.7. The second-order valence-electron chi connectivity index (χ2n) is 5.19. The summed E-state index contributed by atoms with van der Waals surface area (Å²) in [6.45, 7) is 1.62. The maximum atomic E-state index is 13.0. The van der Waals surface area contributed by atoms with Gasteiger partial charge in [0, 0.05) is 43.5 Å². The van der Waals surface area contributed by atoms with Crippen LogP contribution in [-0.4, -0.2) is 41.9 Å². The molecule has 118 valence electrons. The summed E-state index contributed by atoms with van der Waals surface area (Å²) in [6, 6.07) is 6.42. The molecule has 6 nitrogen and oxygen atoms in total. The van der Waals surface area contributed by atoms with Gasteiger partial charge in [-0.3, -0.25) is 0 Å². The first-order valence-corrected chi connectivity index (χ1v) is 9.19. The van der Waals surface area contributed by atoms with E-state index < -0.39 is 10.0 Å². The van der Waals surface area contributed by atoms with Crippen molar-refractivity contribution in [1.82, 2.24) is 19.2 Å². The van der Waals surface area contributed by atoms with Gasteiger partial charge in [0.1, 0.15) is 5.82 Å². The second kappa shape index (κ2) is 6.11. The highest BCUT2D eigenvalue weighted by molar-refractivity contribution is 9.10. The maximum Gasteiger partial charge on any atom is 0.243 e. The average Bonchev–Trinajstić information content (AvgIpc) is 2.94. The number of sulfonamides is 1. The molecule has 2 aromatic rings. The van der Waals surface area contributed by atoms with Crippen molar-refractivity contribution in [2.24, 2.45) is 7.05 Å². The third-order valence-electron chi connectivity index (χ3n) is 3.77. The van der Waals surface area contributed by atoms with Crippen molar-refractivity contribution in [3.63, 3.8) is 0 Å². The van der Waals surface area contributed by atoms with Gasteiger partial charge in [-0.15, -0.1) is 0 Å². The molecule has 0 radical (unpaired) electrons. The molecule has 0 aliphatic carbocycles. The van der Waals surface area contributed by atoms with Gasteiger partial charge in [0.05, 0.1) is 10.9 Å². The van der Waals surface area contributed by atoms with Gasteiger partial charge in [-0.1, -0.05) is 15.9 Å². The molecule has 1 saturated heterocycles. The zero-order valence-electron chi connectivity index (χ0n) is 12.1. The SMILES string of the molecule is Cn1ccnc1C1CNCCN1S(=O)(=O)c1ccc(Br)cc1. The van der Waals surface area contributed by atoms with Crippen LogP contribution in [0.5, 0.6) is 0 Å². The number of nitrogens with one attached hydrogen (secondary N) is 1. The first-order valence-electron chi connectivity index (χ1n) is 6.95. The summed E-state index contributed by atoms with van der Waals surface area (Å²) in [5, 5.41) is 3.25. The molecule has 1 aromatic carbocycles. The number of hydrogen-bond acceptors (Lipinski definition) is 4. The monoisotopic (exact) mass is 384 g/mol. The number of benzene rings is 1. The lowest BCUT2D eigenvalue weighted by atomic mass is 10.2. The summed E-state index contributed by atoms with van der Waals surface area (Å²) in [4.78, 5) is 4.62. The molecule has 1 aliphatic rings. The average molecular weight is 385 g/mol. The predicted octanol–water partition coefficient (Wildman–Crippen LogP) is 1.52. The van der Waals surface area contributed by atoms with Crippen LogP contribution in [0.15, 0.2) is 46.0 Å². The van der Waals surface area contributed by atoms with Crippen LogP contribution in [-0.2, 0) is 17.1 Å². The molecule has 8 heteroatoms. The van der Waals surface area contributed by atoms with E-state index in [4.69, 9.17) is 0 Å². The Morgan fingerprint density at radius 1 is 1.32 bits per heavy atom. The smallest absolute Gasteiger partial charge is 0.243 e. The number of aryl methyl sites for hydroxylation is 1. The van der Waals surface area contributed by atoms with Gasteiger partial charge in [-0.2, -0.15) is 4.31 Å². The van der Waals surface area contributed by atoms with Crippen LogP contribution < -0.4 is 5.32 Å². The van der Waals surface area contributed by atoms with Crippen LogP contribution in [0.3, 0.4) is 0 Å². The van der Waals surface area contributed by atoms with Crippen molar-refractivity contribution in [2.45, 2.75) is 10.9 Å². The lowest BCUT2D eigenvalue weighted by Gasteiger charge is -2.34. The summed E-state index contributed by atoms with van der Waals surface area (Å²) in [5.74, 6) is 0.743. The second-order valence-corrected chi connectivity index (χ2v) is 7.99. The Labute approximate surface area is 138 Å². The van der Waals surface area contributed by atoms with Crippen molar-refractivity contribution in [2.75, 3.05) is 19.6 Å². The van der Waals surface area contributed by atoms with Crippen LogP contribution in [0.2, 0.25) is 0 Å². The Morgan fingerprint density at radius 3 is 2.68 bits per heavy atom. The minimum Gasteiger partial charge on any atom is -0.337 e. The molecule has 22 heavy (non-hydrogen) atoms. The van der Waals surface area contributed by atoms with Crippen LogP contribution in [0.4, 0.5) is 0 Å². The molecule has 1 fully saturated rings. The molecule has 1 aromatic heterocycles. The fourth-order valence-corrected chi connectivity index (χ4v) is 4.48. The molecule has 0 saturated carbocycles. The van der Waals surface area contributed by atoms with E-state index >= 15 is 0 Å². The van der Waals surface area contributed by atoms with Gasteiger partial charge >= 0.3 is 0 Å². The lowest BCUT2D eigenvalue weighted by molar-refractivity contribution is 0.258. The van der Waals surface area contributed by atoms with E-state index in [9.17, 15) is 8.42 Å². The van der Waals surface area contributed by atoms with Gasteiger partial charge in [-0.25, -0.2) is 13.4 Å². The first-order chi connectivity index (χ1) is 10.5. The molecule has 1 atom stereocenters. The number of piperazine rings is 1. The number of imidazole rings is 1. The van der Waals surface area contributed by atoms with E-state index in [1.807, 2.05) is 17.8 Å². The predicted molar refractivity (Wildman–Crippen MR) is 86.9 cm³/mol. The van der Waals surface area contributed by atoms with E-state index in [1.165, 1.54) is 4.31 Å². The number of halogens is 1. The Kier molecular flexibility index (Phi) is 4.35. The van der Waals surface area contributed by atoms with E-state index in [2.05, 4.69) is 26.2 Å². The lowest BCUT2D eigenvalue weighted by Crippen LogP contribution is -2.49. The van der Waals surface area contributed by atoms with Gasteiger partial charge in [0.25, 0.3) is 0 Å². The quantitative estimate of drug-likeness (QED) is 0.870. The number of hydrogen-bond donors (Lipinski definition) is 1. The van der Waals surface area contributed by atoms with Crippen molar-refractivity contribution in [3.8, 4) is 0 Å². The molecule has 3 rings (SSSR count). The highest BCUT2D eigenvalue weighted by Gasteiger charge is 2.36. The molecule has 0 spiro atoms. The zero-order chi connectivity index (χ0) is 15.7. The molecule has 2 heterocycles. The van der Waals surface area contributed by atoms with Crippen molar-refractivity contribution in [1.29, 1.82) is 0 Å². The van der Waals surface area contributed by atoms with Crippen LogP contribution in [0, 0.1) is 0 Å². The molecular formula is C14H17BrN4O2S. The molecule has 0 bridgehead atoms. The van der Waals surface area contributed by atoms with Crippen molar-refractivity contribution >= 4 is 26.0 Å². The van der Waals surface area contributed by atoms with Gasteiger partial charge in [0.15, 0.2) is 0 Å². The van der Waals surface area contributed by atoms with Gasteiger partial charge in [-0.05, 0) is 24.3 Å².